The minimum atomic E-state index is -0.145. The molecule has 0 radical (unpaired) electrons. The molecular formula is C19H27ClN4O. The molecule has 2 N–H and O–H groups in total. The van der Waals surface area contributed by atoms with Crippen molar-refractivity contribution in [3.63, 3.8) is 0 Å². The highest BCUT2D eigenvalue weighted by Crippen LogP contribution is 2.45. The van der Waals surface area contributed by atoms with Crippen molar-refractivity contribution in [1.29, 1.82) is 0 Å². The van der Waals surface area contributed by atoms with Crippen molar-refractivity contribution in [3.05, 3.63) is 34.9 Å². The van der Waals surface area contributed by atoms with E-state index in [9.17, 15) is 4.79 Å². The van der Waals surface area contributed by atoms with Crippen molar-refractivity contribution in [3.8, 4) is 0 Å². The van der Waals surface area contributed by atoms with E-state index in [0.717, 1.165) is 19.0 Å². The van der Waals surface area contributed by atoms with Crippen LogP contribution in [-0.4, -0.2) is 50.0 Å². The summed E-state index contributed by atoms with van der Waals surface area (Å²) in [7, 11) is 1.82. The van der Waals surface area contributed by atoms with Gasteiger partial charge in [-0.2, -0.15) is 0 Å². The second kappa shape index (κ2) is 8.09. The van der Waals surface area contributed by atoms with Gasteiger partial charge in [-0.05, 0) is 36.8 Å². The zero-order chi connectivity index (χ0) is 17.7. The monoisotopic (exact) mass is 362 g/mol. The maximum atomic E-state index is 12.1. The van der Waals surface area contributed by atoms with E-state index in [-0.39, 0.29) is 5.91 Å². The minimum absolute atomic E-state index is 0.145. The first-order valence-electron chi connectivity index (χ1n) is 9.12. The second-order valence-corrected chi connectivity index (χ2v) is 7.50. The first-order chi connectivity index (χ1) is 12.1. The van der Waals surface area contributed by atoms with Crippen LogP contribution < -0.4 is 10.6 Å². The first-order valence-corrected chi connectivity index (χ1v) is 9.50. The van der Waals surface area contributed by atoms with Crippen molar-refractivity contribution < 1.29 is 4.79 Å². The van der Waals surface area contributed by atoms with Gasteiger partial charge in [0, 0.05) is 33.2 Å². The van der Waals surface area contributed by atoms with Gasteiger partial charge < -0.3 is 15.5 Å². The van der Waals surface area contributed by atoms with Gasteiger partial charge in [-0.25, -0.2) is 0 Å². The fraction of sp³-hybridized carbons (Fsp3) is 0.579. The average molecular weight is 363 g/mol. The number of hydrogen-bond acceptors (Lipinski definition) is 2. The van der Waals surface area contributed by atoms with Gasteiger partial charge in [-0.3, -0.25) is 9.79 Å². The van der Waals surface area contributed by atoms with Crippen LogP contribution in [0.2, 0.25) is 5.02 Å². The minimum Gasteiger partial charge on any atom is -0.354 e. The van der Waals surface area contributed by atoms with E-state index in [1.54, 1.807) is 12.1 Å². The zero-order valence-electron chi connectivity index (χ0n) is 14.9. The second-order valence-electron chi connectivity index (χ2n) is 7.09. The predicted molar refractivity (Wildman–Crippen MR) is 102 cm³/mol. The molecule has 25 heavy (non-hydrogen) atoms. The Bertz CT molecular complexity index is 640. The van der Waals surface area contributed by atoms with E-state index in [0.29, 0.717) is 29.1 Å². The maximum absolute atomic E-state index is 12.1. The van der Waals surface area contributed by atoms with Gasteiger partial charge in [0.1, 0.15) is 0 Å². The predicted octanol–water partition coefficient (Wildman–Crippen LogP) is 2.91. The summed E-state index contributed by atoms with van der Waals surface area (Å²) in [6, 6.07) is 7.09. The number of likely N-dealkylation sites (tertiary alicyclic amines) is 1. The molecular weight excluding hydrogens is 336 g/mol. The number of carbonyl (C=O) groups is 1. The summed E-state index contributed by atoms with van der Waals surface area (Å²) >= 11 is 6.05. The molecule has 0 bridgehead atoms. The van der Waals surface area contributed by atoms with Crippen LogP contribution in [0.15, 0.2) is 29.3 Å². The summed E-state index contributed by atoms with van der Waals surface area (Å²) in [5.74, 6) is 0.796. The molecule has 1 heterocycles. The Morgan fingerprint density at radius 2 is 1.92 bits per heavy atom. The summed E-state index contributed by atoms with van der Waals surface area (Å²) in [6.07, 6.45) is 6.72. The lowest BCUT2D eigenvalue weighted by atomic mass is 9.86. The molecule has 1 saturated heterocycles. The molecule has 3 rings (SSSR count). The Morgan fingerprint density at radius 1 is 1.20 bits per heavy atom. The lowest BCUT2D eigenvalue weighted by molar-refractivity contribution is 0.0954. The summed E-state index contributed by atoms with van der Waals surface area (Å²) in [5, 5.41) is 6.74. The third kappa shape index (κ3) is 4.27. The van der Waals surface area contributed by atoms with Crippen molar-refractivity contribution in [2.75, 3.05) is 33.2 Å². The van der Waals surface area contributed by atoms with Crippen LogP contribution in [0.25, 0.3) is 0 Å². The van der Waals surface area contributed by atoms with Gasteiger partial charge in [0.2, 0.25) is 0 Å². The number of nitrogens with zero attached hydrogens (tertiary/aromatic N) is 2. The Hall–Kier alpha value is -1.75. The number of nitrogens with one attached hydrogen (secondary N) is 2. The SMILES string of the molecule is CN=C(NCCNC(=O)c1ccccc1Cl)N1CCC2(CCCC2)C1. The average Bonchev–Trinajstić information content (AvgIpc) is 3.25. The van der Waals surface area contributed by atoms with E-state index in [1.165, 1.54) is 32.1 Å². The number of amides is 1. The Morgan fingerprint density at radius 3 is 2.64 bits per heavy atom. The lowest BCUT2D eigenvalue weighted by Crippen LogP contribution is -2.44. The summed E-state index contributed by atoms with van der Waals surface area (Å²) < 4.78 is 0. The standard InChI is InChI=1S/C19H27ClN4O/c1-21-18(24-13-10-19(14-24)8-4-5-9-19)23-12-11-22-17(25)15-6-2-3-7-16(15)20/h2-3,6-7H,4-5,8-14H2,1H3,(H,21,23)(H,22,25). The van der Waals surface area contributed by atoms with Gasteiger partial charge in [0.15, 0.2) is 5.96 Å². The molecule has 1 saturated carbocycles. The Balaban J connectivity index is 1.43. The van der Waals surface area contributed by atoms with Crippen LogP contribution in [0, 0.1) is 5.41 Å². The third-order valence-electron chi connectivity index (χ3n) is 5.43. The third-order valence-corrected chi connectivity index (χ3v) is 5.76. The highest BCUT2D eigenvalue weighted by molar-refractivity contribution is 6.33. The van der Waals surface area contributed by atoms with E-state index >= 15 is 0 Å². The maximum Gasteiger partial charge on any atom is 0.252 e. The molecule has 1 aliphatic heterocycles. The molecule has 2 aliphatic rings. The molecule has 2 fully saturated rings. The van der Waals surface area contributed by atoms with Gasteiger partial charge in [0.25, 0.3) is 5.91 Å². The molecule has 5 nitrogen and oxygen atoms in total. The van der Waals surface area contributed by atoms with Crippen LogP contribution in [0.5, 0.6) is 0 Å². The van der Waals surface area contributed by atoms with Gasteiger partial charge in [0.05, 0.1) is 10.6 Å². The lowest BCUT2D eigenvalue weighted by Gasteiger charge is -2.26. The van der Waals surface area contributed by atoms with Crippen molar-refractivity contribution in [2.45, 2.75) is 32.1 Å². The normalized spacial score (nSPS) is 19.4. The highest BCUT2D eigenvalue weighted by Gasteiger charge is 2.40. The first kappa shape index (κ1) is 18.1. The van der Waals surface area contributed by atoms with E-state index < -0.39 is 0 Å². The fourth-order valence-electron chi connectivity index (χ4n) is 4.07. The molecule has 1 aliphatic carbocycles. The smallest absolute Gasteiger partial charge is 0.252 e. The molecule has 1 amide bonds. The molecule has 1 aromatic rings. The summed E-state index contributed by atoms with van der Waals surface area (Å²) in [4.78, 5) is 18.9. The molecule has 0 unspecified atom stereocenters. The zero-order valence-corrected chi connectivity index (χ0v) is 15.6. The molecule has 1 aromatic carbocycles. The number of benzene rings is 1. The Labute approximate surface area is 154 Å². The largest absolute Gasteiger partial charge is 0.354 e. The van der Waals surface area contributed by atoms with Crippen LogP contribution in [0.1, 0.15) is 42.5 Å². The Kier molecular flexibility index (Phi) is 5.84. The topological polar surface area (TPSA) is 56.7 Å². The number of aliphatic imine (C=N–C) groups is 1. The van der Waals surface area contributed by atoms with E-state index in [4.69, 9.17) is 11.6 Å². The summed E-state index contributed by atoms with van der Waals surface area (Å²) in [6.45, 7) is 3.36. The molecule has 1 spiro atoms. The van der Waals surface area contributed by atoms with Crippen LogP contribution in [-0.2, 0) is 0 Å². The number of hydrogen-bond donors (Lipinski definition) is 2. The van der Waals surface area contributed by atoms with Gasteiger partial charge >= 0.3 is 0 Å². The van der Waals surface area contributed by atoms with E-state index in [2.05, 4.69) is 20.5 Å². The van der Waals surface area contributed by atoms with Crippen LogP contribution in [0.4, 0.5) is 0 Å². The van der Waals surface area contributed by atoms with Gasteiger partial charge in [-0.15, -0.1) is 0 Å². The number of halogens is 1. The van der Waals surface area contributed by atoms with Gasteiger partial charge in [-0.1, -0.05) is 36.6 Å². The molecule has 6 heteroatoms. The number of guanidine groups is 1. The molecule has 0 atom stereocenters. The molecule has 136 valence electrons. The number of carbonyl (C=O) groups excluding carboxylic acids is 1. The van der Waals surface area contributed by atoms with Crippen LogP contribution >= 0.6 is 11.6 Å². The summed E-state index contributed by atoms with van der Waals surface area (Å²) in [5.41, 5.74) is 1.03. The van der Waals surface area contributed by atoms with Crippen LogP contribution in [0.3, 0.4) is 0 Å². The fourth-order valence-corrected chi connectivity index (χ4v) is 4.29. The van der Waals surface area contributed by atoms with Crippen molar-refractivity contribution in [2.24, 2.45) is 10.4 Å². The van der Waals surface area contributed by atoms with Crippen molar-refractivity contribution >= 4 is 23.5 Å². The molecule has 0 aromatic heterocycles. The quantitative estimate of drug-likeness (QED) is 0.492. The van der Waals surface area contributed by atoms with E-state index in [1.807, 2.05) is 19.2 Å². The highest BCUT2D eigenvalue weighted by atomic mass is 35.5. The number of rotatable bonds is 4. The van der Waals surface area contributed by atoms with Crippen molar-refractivity contribution in [1.82, 2.24) is 15.5 Å².